The summed E-state index contributed by atoms with van der Waals surface area (Å²) in [4.78, 5) is 17.9. The number of nitrogens with one attached hydrogen (secondary N) is 1. The van der Waals surface area contributed by atoms with Crippen molar-refractivity contribution in [3.05, 3.63) is 36.0 Å². The van der Waals surface area contributed by atoms with E-state index >= 15 is 0 Å². The molecular formula is C15H17N3O2. The fraction of sp³-hybridized carbons (Fsp3) is 0.333. The Hall–Kier alpha value is -2.14. The fourth-order valence-electron chi connectivity index (χ4n) is 2.69. The van der Waals surface area contributed by atoms with Crippen LogP contribution in [0.5, 0.6) is 0 Å². The van der Waals surface area contributed by atoms with Gasteiger partial charge in [0, 0.05) is 31.2 Å². The van der Waals surface area contributed by atoms with Gasteiger partial charge in [0.15, 0.2) is 0 Å². The molecule has 104 valence electrons. The second kappa shape index (κ2) is 5.46. The Bertz CT molecular complexity index is 634. The predicted octanol–water partition coefficient (Wildman–Crippen LogP) is 1.73. The largest absolute Gasteiger partial charge is 0.478 e. The summed E-state index contributed by atoms with van der Waals surface area (Å²) in [5.74, 6) is -0.921. The first-order chi connectivity index (χ1) is 9.77. The van der Waals surface area contributed by atoms with Gasteiger partial charge >= 0.3 is 5.97 Å². The van der Waals surface area contributed by atoms with Crippen molar-refractivity contribution in [2.24, 2.45) is 0 Å². The van der Waals surface area contributed by atoms with Crippen LogP contribution in [-0.4, -0.2) is 42.2 Å². The number of aromatic nitrogens is 1. The van der Waals surface area contributed by atoms with Crippen molar-refractivity contribution < 1.29 is 9.90 Å². The molecule has 0 aliphatic carbocycles. The number of fused-ring (bicyclic) bond motifs is 1. The highest BCUT2D eigenvalue weighted by Crippen LogP contribution is 2.30. The van der Waals surface area contributed by atoms with Crippen molar-refractivity contribution in [1.82, 2.24) is 10.3 Å². The zero-order valence-corrected chi connectivity index (χ0v) is 11.2. The number of hydrogen-bond donors (Lipinski definition) is 2. The van der Waals surface area contributed by atoms with Gasteiger partial charge in [-0.15, -0.1) is 0 Å². The van der Waals surface area contributed by atoms with Crippen molar-refractivity contribution >= 4 is 22.6 Å². The van der Waals surface area contributed by atoms with Gasteiger partial charge in [0.1, 0.15) is 5.56 Å². The predicted molar refractivity (Wildman–Crippen MR) is 78.4 cm³/mol. The van der Waals surface area contributed by atoms with E-state index in [1.54, 1.807) is 0 Å². The first-order valence-corrected chi connectivity index (χ1v) is 6.84. The van der Waals surface area contributed by atoms with Crippen LogP contribution in [0.25, 0.3) is 10.9 Å². The summed E-state index contributed by atoms with van der Waals surface area (Å²) in [5, 5.41) is 13.7. The van der Waals surface area contributed by atoms with E-state index in [0.717, 1.165) is 49.2 Å². The molecule has 0 saturated carbocycles. The van der Waals surface area contributed by atoms with Crippen LogP contribution in [0.1, 0.15) is 16.8 Å². The topological polar surface area (TPSA) is 65.5 Å². The third-order valence-electron chi connectivity index (χ3n) is 3.63. The van der Waals surface area contributed by atoms with E-state index in [0.29, 0.717) is 0 Å². The monoisotopic (exact) mass is 271 g/mol. The van der Waals surface area contributed by atoms with Gasteiger partial charge < -0.3 is 15.3 Å². The molecule has 0 atom stereocenters. The molecule has 5 heteroatoms. The lowest BCUT2D eigenvalue weighted by Gasteiger charge is -2.25. The van der Waals surface area contributed by atoms with Gasteiger partial charge in [0.2, 0.25) is 0 Å². The van der Waals surface area contributed by atoms with Gasteiger partial charge in [-0.25, -0.2) is 4.79 Å². The Morgan fingerprint density at radius 1 is 1.25 bits per heavy atom. The van der Waals surface area contributed by atoms with Crippen molar-refractivity contribution in [3.8, 4) is 0 Å². The van der Waals surface area contributed by atoms with E-state index in [1.807, 2.05) is 24.3 Å². The molecule has 1 aliphatic rings. The highest BCUT2D eigenvalue weighted by molar-refractivity contribution is 6.04. The summed E-state index contributed by atoms with van der Waals surface area (Å²) in [7, 11) is 0. The van der Waals surface area contributed by atoms with Crippen LogP contribution >= 0.6 is 0 Å². The van der Waals surface area contributed by atoms with E-state index in [1.165, 1.54) is 6.20 Å². The lowest BCUT2D eigenvalue weighted by Crippen LogP contribution is -2.29. The van der Waals surface area contributed by atoms with Crippen LogP contribution in [0.4, 0.5) is 5.69 Å². The average Bonchev–Trinajstić information content (AvgIpc) is 2.74. The molecule has 1 aromatic heterocycles. The Kier molecular flexibility index (Phi) is 3.52. The van der Waals surface area contributed by atoms with Gasteiger partial charge in [-0.2, -0.15) is 0 Å². The van der Waals surface area contributed by atoms with E-state index in [2.05, 4.69) is 15.2 Å². The third kappa shape index (κ3) is 2.32. The lowest BCUT2D eigenvalue weighted by molar-refractivity contribution is 0.0697. The van der Waals surface area contributed by atoms with Crippen molar-refractivity contribution in [2.45, 2.75) is 6.42 Å². The van der Waals surface area contributed by atoms with E-state index in [9.17, 15) is 9.90 Å². The minimum absolute atomic E-state index is 0.283. The zero-order valence-electron chi connectivity index (χ0n) is 11.2. The number of rotatable bonds is 2. The van der Waals surface area contributed by atoms with Gasteiger partial charge in [0.05, 0.1) is 11.2 Å². The molecule has 0 bridgehead atoms. The van der Waals surface area contributed by atoms with Crippen molar-refractivity contribution in [1.29, 1.82) is 0 Å². The maximum Gasteiger partial charge on any atom is 0.339 e. The van der Waals surface area contributed by atoms with Crippen molar-refractivity contribution in [3.63, 3.8) is 0 Å². The minimum Gasteiger partial charge on any atom is -0.478 e. The fourth-order valence-corrected chi connectivity index (χ4v) is 2.69. The summed E-state index contributed by atoms with van der Waals surface area (Å²) in [5.41, 5.74) is 1.92. The number of carbonyl (C=O) groups is 1. The zero-order chi connectivity index (χ0) is 13.9. The summed E-state index contributed by atoms with van der Waals surface area (Å²) in [6.45, 7) is 3.52. The van der Waals surface area contributed by atoms with Crippen LogP contribution in [0.15, 0.2) is 30.5 Å². The molecule has 1 fully saturated rings. The number of nitrogens with zero attached hydrogens (tertiary/aromatic N) is 2. The summed E-state index contributed by atoms with van der Waals surface area (Å²) in [6.07, 6.45) is 2.48. The van der Waals surface area contributed by atoms with Crippen LogP contribution in [0.2, 0.25) is 0 Å². The molecule has 0 spiro atoms. The van der Waals surface area contributed by atoms with Crippen LogP contribution < -0.4 is 10.2 Å². The molecule has 5 nitrogen and oxygen atoms in total. The SMILES string of the molecule is O=C(O)c1cnc2ccccc2c1N1CCCNCC1. The number of aromatic carboxylic acids is 1. The molecule has 1 aromatic carbocycles. The Labute approximate surface area is 117 Å². The number of hydrogen-bond acceptors (Lipinski definition) is 4. The van der Waals surface area contributed by atoms with Crippen LogP contribution in [0, 0.1) is 0 Å². The maximum absolute atomic E-state index is 11.5. The summed E-state index contributed by atoms with van der Waals surface area (Å²) < 4.78 is 0. The average molecular weight is 271 g/mol. The molecule has 2 heterocycles. The molecule has 1 aliphatic heterocycles. The summed E-state index contributed by atoms with van der Waals surface area (Å²) >= 11 is 0. The van der Waals surface area contributed by atoms with Gasteiger partial charge in [-0.3, -0.25) is 4.98 Å². The third-order valence-corrected chi connectivity index (χ3v) is 3.63. The van der Waals surface area contributed by atoms with E-state index in [4.69, 9.17) is 0 Å². The first-order valence-electron chi connectivity index (χ1n) is 6.84. The Morgan fingerprint density at radius 2 is 2.10 bits per heavy atom. The van der Waals surface area contributed by atoms with Crippen LogP contribution in [-0.2, 0) is 0 Å². The van der Waals surface area contributed by atoms with Gasteiger partial charge in [-0.05, 0) is 19.0 Å². The highest BCUT2D eigenvalue weighted by atomic mass is 16.4. The molecule has 2 aromatic rings. The molecular weight excluding hydrogens is 254 g/mol. The number of benzene rings is 1. The molecule has 0 amide bonds. The minimum atomic E-state index is -0.921. The molecule has 0 radical (unpaired) electrons. The van der Waals surface area contributed by atoms with Crippen LogP contribution in [0.3, 0.4) is 0 Å². The van der Waals surface area contributed by atoms with Gasteiger partial charge in [0.25, 0.3) is 0 Å². The normalized spacial score (nSPS) is 16.1. The Morgan fingerprint density at radius 3 is 2.95 bits per heavy atom. The summed E-state index contributed by atoms with van der Waals surface area (Å²) in [6, 6.07) is 7.71. The number of carboxylic acids is 1. The van der Waals surface area contributed by atoms with E-state index < -0.39 is 5.97 Å². The molecule has 2 N–H and O–H groups in total. The first kappa shape index (κ1) is 12.9. The Balaban J connectivity index is 2.18. The second-order valence-electron chi connectivity index (χ2n) is 4.93. The quantitative estimate of drug-likeness (QED) is 0.871. The molecule has 1 saturated heterocycles. The highest BCUT2D eigenvalue weighted by Gasteiger charge is 2.20. The molecule has 3 rings (SSSR count). The lowest BCUT2D eigenvalue weighted by atomic mass is 10.1. The number of carboxylic acid groups (broad SMARTS) is 1. The smallest absolute Gasteiger partial charge is 0.339 e. The van der Waals surface area contributed by atoms with E-state index in [-0.39, 0.29) is 5.56 Å². The standard InChI is InChI=1S/C15H17N3O2/c19-15(20)12-10-17-13-5-2-1-4-11(13)14(12)18-8-3-6-16-7-9-18/h1-2,4-5,10,16H,3,6-9H2,(H,19,20). The number of anilines is 1. The molecule has 0 unspecified atom stereocenters. The second-order valence-corrected chi connectivity index (χ2v) is 4.93. The van der Waals surface area contributed by atoms with Crippen molar-refractivity contribution in [2.75, 3.05) is 31.1 Å². The molecule has 20 heavy (non-hydrogen) atoms. The maximum atomic E-state index is 11.5. The number of pyridine rings is 1. The van der Waals surface area contributed by atoms with Gasteiger partial charge in [-0.1, -0.05) is 18.2 Å². The number of para-hydroxylation sites is 1.